The number of fused-ring (bicyclic) bond motifs is 1. The Morgan fingerprint density at radius 1 is 1.11 bits per heavy atom. The van der Waals surface area contributed by atoms with E-state index < -0.39 is 0 Å². The third-order valence-corrected chi connectivity index (χ3v) is 5.44. The minimum absolute atomic E-state index is 0.596. The summed E-state index contributed by atoms with van der Waals surface area (Å²) in [5.74, 6) is 1.52. The molecule has 6 nitrogen and oxygen atoms in total. The van der Waals surface area contributed by atoms with Gasteiger partial charge in [0, 0.05) is 33.6 Å². The fourth-order valence-electron chi connectivity index (χ4n) is 3.13. The average molecular weight is 419 g/mol. The van der Waals surface area contributed by atoms with Gasteiger partial charge in [-0.05, 0) is 28.8 Å². The molecule has 0 unspecified atom stereocenters. The van der Waals surface area contributed by atoms with Crippen molar-refractivity contribution in [1.29, 1.82) is 0 Å². The molecule has 0 bridgehead atoms. The van der Waals surface area contributed by atoms with Crippen LogP contribution in [0.1, 0.15) is 11.5 Å². The van der Waals surface area contributed by atoms with Crippen LogP contribution in [0.25, 0.3) is 22.0 Å². The summed E-state index contributed by atoms with van der Waals surface area (Å²) in [6.07, 6.45) is 2.62. The SMILES string of the molecule is CSCn1nnnc1Cc1c2cccc(-c3ccc(Cl)cc3Cl)c2nn1C. The van der Waals surface area contributed by atoms with Crippen molar-refractivity contribution in [3.8, 4) is 11.1 Å². The number of aryl methyl sites for hydroxylation is 1. The van der Waals surface area contributed by atoms with Crippen molar-refractivity contribution in [2.45, 2.75) is 12.3 Å². The topological polar surface area (TPSA) is 61.4 Å². The van der Waals surface area contributed by atoms with Gasteiger partial charge < -0.3 is 0 Å². The first-order valence-electron chi connectivity index (χ1n) is 8.22. The lowest BCUT2D eigenvalue weighted by Gasteiger charge is -2.06. The number of halogens is 2. The lowest BCUT2D eigenvalue weighted by atomic mass is 10.0. The quantitative estimate of drug-likeness (QED) is 0.479. The normalized spacial score (nSPS) is 11.4. The van der Waals surface area contributed by atoms with Gasteiger partial charge in [-0.1, -0.05) is 47.5 Å². The smallest absolute Gasteiger partial charge is 0.158 e. The molecule has 0 amide bonds. The van der Waals surface area contributed by atoms with Crippen LogP contribution in [0, 0.1) is 0 Å². The van der Waals surface area contributed by atoms with E-state index in [2.05, 4.69) is 21.6 Å². The summed E-state index contributed by atoms with van der Waals surface area (Å²) in [6, 6.07) is 11.6. The summed E-state index contributed by atoms with van der Waals surface area (Å²) < 4.78 is 3.69. The Balaban J connectivity index is 1.82. The summed E-state index contributed by atoms with van der Waals surface area (Å²) >= 11 is 14.1. The van der Waals surface area contributed by atoms with Gasteiger partial charge in [0.05, 0.1) is 18.0 Å². The number of aromatic nitrogens is 6. The van der Waals surface area contributed by atoms with Crippen LogP contribution < -0.4 is 0 Å². The molecule has 0 N–H and O–H groups in total. The van der Waals surface area contributed by atoms with Crippen LogP contribution in [0.3, 0.4) is 0 Å². The van der Waals surface area contributed by atoms with Crippen LogP contribution in [-0.4, -0.2) is 36.2 Å². The van der Waals surface area contributed by atoms with Gasteiger partial charge in [-0.25, -0.2) is 4.68 Å². The van der Waals surface area contributed by atoms with Crippen LogP contribution in [0.5, 0.6) is 0 Å². The number of tetrazole rings is 1. The van der Waals surface area contributed by atoms with Crippen molar-refractivity contribution in [3.63, 3.8) is 0 Å². The Morgan fingerprint density at radius 2 is 1.96 bits per heavy atom. The molecule has 0 aliphatic rings. The van der Waals surface area contributed by atoms with Crippen LogP contribution in [0.15, 0.2) is 36.4 Å². The Kier molecular flexibility index (Phi) is 5.08. The molecular weight excluding hydrogens is 403 g/mol. The lowest BCUT2D eigenvalue weighted by molar-refractivity contribution is 0.659. The van der Waals surface area contributed by atoms with Crippen molar-refractivity contribution < 1.29 is 0 Å². The van der Waals surface area contributed by atoms with E-state index in [0.717, 1.165) is 33.5 Å². The summed E-state index contributed by atoms with van der Waals surface area (Å²) in [4.78, 5) is 0. The Bertz CT molecular complexity index is 1120. The highest BCUT2D eigenvalue weighted by molar-refractivity contribution is 7.97. The Hall–Kier alpha value is -2.09. The number of nitrogens with zero attached hydrogens (tertiary/aromatic N) is 6. The molecule has 4 rings (SSSR count). The molecule has 2 heterocycles. The number of hydrogen-bond donors (Lipinski definition) is 0. The zero-order valence-corrected chi connectivity index (χ0v) is 17.1. The lowest BCUT2D eigenvalue weighted by Crippen LogP contribution is -2.07. The molecule has 0 saturated carbocycles. The van der Waals surface area contributed by atoms with Gasteiger partial charge in [-0.2, -0.15) is 5.10 Å². The predicted octanol–water partition coefficient (Wildman–Crippen LogP) is 4.44. The molecule has 9 heteroatoms. The van der Waals surface area contributed by atoms with E-state index in [-0.39, 0.29) is 0 Å². The minimum Gasteiger partial charge on any atom is -0.271 e. The van der Waals surface area contributed by atoms with Gasteiger partial charge in [-0.15, -0.1) is 16.9 Å². The van der Waals surface area contributed by atoms with Gasteiger partial charge in [0.2, 0.25) is 0 Å². The molecule has 0 atom stereocenters. The van der Waals surface area contributed by atoms with E-state index in [1.54, 1.807) is 17.8 Å². The molecule has 2 aromatic heterocycles. The number of benzene rings is 2. The van der Waals surface area contributed by atoms with Crippen LogP contribution in [-0.2, 0) is 19.3 Å². The van der Waals surface area contributed by atoms with Crippen LogP contribution in [0.2, 0.25) is 10.0 Å². The van der Waals surface area contributed by atoms with Crippen molar-refractivity contribution in [2.75, 3.05) is 6.26 Å². The molecule has 0 spiro atoms. The third kappa shape index (κ3) is 3.42. The molecule has 4 aromatic rings. The van der Waals surface area contributed by atoms with E-state index >= 15 is 0 Å². The zero-order valence-electron chi connectivity index (χ0n) is 14.7. The van der Waals surface area contributed by atoms with E-state index in [4.69, 9.17) is 28.3 Å². The highest BCUT2D eigenvalue weighted by atomic mass is 35.5. The third-order valence-electron chi connectivity index (χ3n) is 4.39. The summed E-state index contributed by atoms with van der Waals surface area (Å²) in [5.41, 5.74) is 3.82. The van der Waals surface area contributed by atoms with Crippen LogP contribution >= 0.6 is 35.0 Å². The largest absolute Gasteiger partial charge is 0.271 e. The number of hydrogen-bond acceptors (Lipinski definition) is 5. The predicted molar refractivity (Wildman–Crippen MR) is 110 cm³/mol. The molecule has 0 aliphatic carbocycles. The van der Waals surface area contributed by atoms with Gasteiger partial charge in [-0.3, -0.25) is 4.68 Å². The molecule has 2 aromatic carbocycles. The second kappa shape index (κ2) is 7.50. The molecule has 0 radical (unpaired) electrons. The first-order chi connectivity index (χ1) is 13.1. The van der Waals surface area contributed by atoms with E-state index in [1.165, 1.54) is 0 Å². The van der Waals surface area contributed by atoms with E-state index in [1.807, 2.05) is 46.9 Å². The minimum atomic E-state index is 0.596. The molecule has 0 fully saturated rings. The number of rotatable bonds is 5. The van der Waals surface area contributed by atoms with Gasteiger partial charge in [0.1, 0.15) is 5.52 Å². The molecule has 0 aliphatic heterocycles. The van der Waals surface area contributed by atoms with Crippen molar-refractivity contribution in [3.05, 3.63) is 58.0 Å². The van der Waals surface area contributed by atoms with Crippen molar-refractivity contribution in [2.24, 2.45) is 7.05 Å². The maximum Gasteiger partial charge on any atom is 0.158 e. The second-order valence-corrected chi connectivity index (χ2v) is 7.76. The first kappa shape index (κ1) is 18.3. The fraction of sp³-hybridized carbons (Fsp3) is 0.222. The highest BCUT2D eigenvalue weighted by Crippen LogP contribution is 2.35. The monoisotopic (exact) mass is 418 g/mol. The maximum absolute atomic E-state index is 6.43. The van der Waals surface area contributed by atoms with Crippen molar-refractivity contribution >= 4 is 45.9 Å². The van der Waals surface area contributed by atoms with Gasteiger partial charge >= 0.3 is 0 Å². The fourth-order valence-corrected chi connectivity index (χ4v) is 4.08. The second-order valence-electron chi connectivity index (χ2n) is 6.09. The molecule has 138 valence electrons. The molecule has 0 saturated heterocycles. The first-order valence-corrected chi connectivity index (χ1v) is 10.4. The summed E-state index contributed by atoms with van der Waals surface area (Å²) in [7, 11) is 1.94. The maximum atomic E-state index is 6.43. The standard InChI is InChI=1S/C18H16Cl2N6S/c1-25-16(9-17-21-23-24-26(17)10-27-2)14-5-3-4-13(18(14)22-25)12-7-6-11(19)8-15(12)20/h3-8H,9-10H2,1-2H3. The van der Waals surface area contributed by atoms with Crippen LogP contribution in [0.4, 0.5) is 0 Å². The van der Waals surface area contributed by atoms with Gasteiger partial charge in [0.15, 0.2) is 5.82 Å². The average Bonchev–Trinajstić information content (AvgIpc) is 3.20. The van der Waals surface area contributed by atoms with Crippen molar-refractivity contribution in [1.82, 2.24) is 30.0 Å². The summed E-state index contributed by atoms with van der Waals surface area (Å²) in [5, 5.41) is 19.1. The van der Waals surface area contributed by atoms with E-state index in [9.17, 15) is 0 Å². The zero-order chi connectivity index (χ0) is 19.0. The molecule has 27 heavy (non-hydrogen) atoms. The number of thioether (sulfide) groups is 1. The summed E-state index contributed by atoms with van der Waals surface area (Å²) in [6.45, 7) is 0. The Labute approximate surface area is 170 Å². The molecular formula is C18H16Cl2N6S. The highest BCUT2D eigenvalue weighted by Gasteiger charge is 2.17. The van der Waals surface area contributed by atoms with Gasteiger partial charge in [0.25, 0.3) is 0 Å². The van der Waals surface area contributed by atoms with E-state index in [0.29, 0.717) is 22.3 Å². The Morgan fingerprint density at radius 3 is 2.74 bits per heavy atom.